The molecule has 6 heteroatoms. The van der Waals surface area contributed by atoms with Gasteiger partial charge in [-0.3, -0.25) is 14.4 Å². The lowest BCUT2D eigenvalue weighted by molar-refractivity contribution is -0.167. The van der Waals surface area contributed by atoms with Crippen molar-refractivity contribution >= 4 is 17.9 Å². The largest absolute Gasteiger partial charge is 0.462 e. The zero-order chi connectivity index (χ0) is 56.4. The maximum absolute atomic E-state index is 12.9. The molecule has 0 N–H and O–H groups in total. The molecule has 1 unspecified atom stereocenters. The SMILES string of the molecule is CCC/C=C\C/C=C\CCCCCCCC(=O)OCC(COC(=O)CCCCCCCCCCCCCCCCCCCCCCC/C=C\CCCCCCCCCC)OC(=O)CCCCCCC/C=C\C/C=C\CCCC. The lowest BCUT2D eigenvalue weighted by atomic mass is 10.0. The fourth-order valence-electron chi connectivity index (χ4n) is 10.0. The zero-order valence-electron chi connectivity index (χ0n) is 52.2. The van der Waals surface area contributed by atoms with Crippen LogP contribution in [0.5, 0.6) is 0 Å². The Morgan fingerprint density at radius 3 is 0.808 bits per heavy atom. The number of carbonyl (C=O) groups is 3. The fraction of sp³-hybridized carbons (Fsp3) is 0.819. The Morgan fingerprint density at radius 2 is 0.500 bits per heavy atom. The molecule has 0 aliphatic rings. The number of hydrogen-bond acceptors (Lipinski definition) is 6. The van der Waals surface area contributed by atoms with Crippen LogP contribution in [0.1, 0.15) is 361 Å². The van der Waals surface area contributed by atoms with E-state index in [9.17, 15) is 14.4 Å². The molecule has 0 amide bonds. The minimum atomic E-state index is -0.786. The summed E-state index contributed by atoms with van der Waals surface area (Å²) >= 11 is 0. The van der Waals surface area contributed by atoms with Gasteiger partial charge in [0.15, 0.2) is 6.10 Å². The van der Waals surface area contributed by atoms with Gasteiger partial charge in [0.1, 0.15) is 13.2 Å². The molecule has 0 rings (SSSR count). The zero-order valence-corrected chi connectivity index (χ0v) is 52.2. The van der Waals surface area contributed by atoms with Gasteiger partial charge < -0.3 is 14.2 Å². The van der Waals surface area contributed by atoms with Crippen molar-refractivity contribution in [3.63, 3.8) is 0 Å². The molecule has 0 radical (unpaired) electrons. The van der Waals surface area contributed by atoms with Crippen LogP contribution in [0.15, 0.2) is 60.8 Å². The number of ether oxygens (including phenoxy) is 3. The van der Waals surface area contributed by atoms with Crippen molar-refractivity contribution < 1.29 is 28.6 Å². The molecule has 78 heavy (non-hydrogen) atoms. The second-order valence-electron chi connectivity index (χ2n) is 23.1. The van der Waals surface area contributed by atoms with E-state index in [4.69, 9.17) is 14.2 Å². The molecular formula is C72H130O6. The van der Waals surface area contributed by atoms with Crippen LogP contribution in [-0.4, -0.2) is 37.2 Å². The van der Waals surface area contributed by atoms with Crippen LogP contribution in [0.4, 0.5) is 0 Å². The van der Waals surface area contributed by atoms with Gasteiger partial charge in [-0.1, -0.05) is 306 Å². The molecule has 0 aromatic rings. The number of carbonyl (C=O) groups excluding carboxylic acids is 3. The van der Waals surface area contributed by atoms with Crippen LogP contribution in [0.3, 0.4) is 0 Å². The van der Waals surface area contributed by atoms with E-state index in [0.717, 1.165) is 109 Å². The lowest BCUT2D eigenvalue weighted by Gasteiger charge is -2.18. The summed E-state index contributed by atoms with van der Waals surface area (Å²) in [6, 6.07) is 0. The summed E-state index contributed by atoms with van der Waals surface area (Å²) in [5, 5.41) is 0. The molecule has 0 saturated carbocycles. The van der Waals surface area contributed by atoms with Crippen LogP contribution in [0, 0.1) is 0 Å². The first-order chi connectivity index (χ1) is 38.5. The van der Waals surface area contributed by atoms with Crippen LogP contribution < -0.4 is 0 Å². The predicted octanol–water partition coefficient (Wildman–Crippen LogP) is 23.5. The van der Waals surface area contributed by atoms with Crippen LogP contribution >= 0.6 is 0 Å². The van der Waals surface area contributed by atoms with E-state index in [-0.39, 0.29) is 31.1 Å². The Kier molecular flexibility index (Phi) is 64.2. The van der Waals surface area contributed by atoms with Crippen molar-refractivity contribution in [2.45, 2.75) is 367 Å². The number of hydrogen-bond donors (Lipinski definition) is 0. The fourth-order valence-corrected chi connectivity index (χ4v) is 10.0. The van der Waals surface area contributed by atoms with Gasteiger partial charge in [0.25, 0.3) is 0 Å². The molecule has 0 aliphatic carbocycles. The average molecular weight is 1090 g/mol. The van der Waals surface area contributed by atoms with Gasteiger partial charge in [0.05, 0.1) is 0 Å². The van der Waals surface area contributed by atoms with Gasteiger partial charge in [-0.2, -0.15) is 0 Å². The van der Waals surface area contributed by atoms with E-state index in [0.29, 0.717) is 19.3 Å². The third-order valence-electron chi connectivity index (χ3n) is 15.2. The highest BCUT2D eigenvalue weighted by Gasteiger charge is 2.19. The van der Waals surface area contributed by atoms with Crippen molar-refractivity contribution in [2.75, 3.05) is 13.2 Å². The third kappa shape index (κ3) is 63.9. The minimum Gasteiger partial charge on any atom is -0.462 e. The Morgan fingerprint density at radius 1 is 0.256 bits per heavy atom. The van der Waals surface area contributed by atoms with Crippen LogP contribution in [-0.2, 0) is 28.6 Å². The van der Waals surface area contributed by atoms with E-state index in [1.165, 1.54) is 212 Å². The van der Waals surface area contributed by atoms with Crippen molar-refractivity contribution in [3.8, 4) is 0 Å². The summed E-state index contributed by atoms with van der Waals surface area (Å²) in [4.78, 5) is 38.3. The van der Waals surface area contributed by atoms with Gasteiger partial charge in [-0.15, -0.1) is 0 Å². The molecule has 0 saturated heterocycles. The lowest BCUT2D eigenvalue weighted by Crippen LogP contribution is -2.30. The smallest absolute Gasteiger partial charge is 0.306 e. The summed E-state index contributed by atoms with van der Waals surface area (Å²) < 4.78 is 16.9. The first-order valence-corrected chi connectivity index (χ1v) is 34.3. The summed E-state index contributed by atoms with van der Waals surface area (Å²) in [5.74, 6) is -0.894. The Labute approximate surface area is 485 Å². The Balaban J connectivity index is 4.09. The standard InChI is InChI=1S/C72H130O6/c1-4-7-10-13-16-19-22-25-27-28-29-30-31-32-33-34-35-36-37-38-39-40-41-42-43-44-45-48-50-53-56-59-62-65-71(74)77-68-69(67-76-70(73)64-61-58-55-52-49-46-24-21-18-15-12-9-6-3)78-72(75)66-63-60-57-54-51-47-26-23-20-17-14-11-8-5-2/h12,14-15,17,21,23-24,26,28-29,69H,4-11,13,16,18-20,22,25,27,30-68H2,1-3H3/b15-12-,17-14-,24-21-,26-23-,29-28-. The molecule has 1 atom stereocenters. The topological polar surface area (TPSA) is 78.9 Å². The van der Waals surface area contributed by atoms with Crippen molar-refractivity contribution in [1.29, 1.82) is 0 Å². The number of rotatable bonds is 63. The normalized spacial score (nSPS) is 12.4. The molecule has 0 bridgehead atoms. The quantitative estimate of drug-likeness (QED) is 0.0261. The number of allylic oxidation sites excluding steroid dienone is 10. The molecule has 0 heterocycles. The minimum absolute atomic E-state index is 0.0817. The predicted molar refractivity (Wildman–Crippen MR) is 339 cm³/mol. The van der Waals surface area contributed by atoms with Gasteiger partial charge >= 0.3 is 17.9 Å². The Bertz CT molecular complexity index is 1390. The summed E-state index contributed by atoms with van der Waals surface area (Å²) in [5.41, 5.74) is 0. The first kappa shape index (κ1) is 75.1. The van der Waals surface area contributed by atoms with Crippen LogP contribution in [0.25, 0.3) is 0 Å². The van der Waals surface area contributed by atoms with Gasteiger partial charge in [-0.05, 0) is 96.3 Å². The summed E-state index contributed by atoms with van der Waals surface area (Å²) in [7, 11) is 0. The van der Waals surface area contributed by atoms with E-state index in [1.807, 2.05) is 0 Å². The molecule has 0 aromatic heterocycles. The van der Waals surface area contributed by atoms with Crippen molar-refractivity contribution in [3.05, 3.63) is 60.8 Å². The second kappa shape index (κ2) is 66.6. The van der Waals surface area contributed by atoms with E-state index < -0.39 is 6.10 Å². The molecule has 0 aromatic carbocycles. The van der Waals surface area contributed by atoms with E-state index in [2.05, 4.69) is 81.5 Å². The van der Waals surface area contributed by atoms with Gasteiger partial charge in [0, 0.05) is 19.3 Å². The molecule has 6 nitrogen and oxygen atoms in total. The average Bonchev–Trinajstić information content (AvgIpc) is 3.44. The summed E-state index contributed by atoms with van der Waals surface area (Å²) in [6.07, 6.45) is 85.5. The maximum atomic E-state index is 12.9. The Hall–Kier alpha value is -2.89. The monoisotopic (exact) mass is 1090 g/mol. The van der Waals surface area contributed by atoms with Gasteiger partial charge in [0.2, 0.25) is 0 Å². The van der Waals surface area contributed by atoms with Crippen molar-refractivity contribution in [1.82, 2.24) is 0 Å². The van der Waals surface area contributed by atoms with Crippen molar-refractivity contribution in [2.24, 2.45) is 0 Å². The molecule has 0 spiro atoms. The third-order valence-corrected chi connectivity index (χ3v) is 15.2. The molecule has 0 fully saturated rings. The van der Waals surface area contributed by atoms with Crippen LogP contribution in [0.2, 0.25) is 0 Å². The molecular weight excluding hydrogens is 961 g/mol. The number of esters is 3. The first-order valence-electron chi connectivity index (χ1n) is 34.3. The number of unbranched alkanes of at least 4 members (excludes halogenated alkanes) is 42. The highest BCUT2D eigenvalue weighted by Crippen LogP contribution is 2.18. The highest BCUT2D eigenvalue weighted by atomic mass is 16.6. The van der Waals surface area contributed by atoms with Gasteiger partial charge in [-0.25, -0.2) is 0 Å². The highest BCUT2D eigenvalue weighted by molar-refractivity contribution is 5.71. The molecule has 454 valence electrons. The second-order valence-corrected chi connectivity index (χ2v) is 23.1. The van der Waals surface area contributed by atoms with E-state index >= 15 is 0 Å². The summed E-state index contributed by atoms with van der Waals surface area (Å²) in [6.45, 7) is 6.55. The van der Waals surface area contributed by atoms with E-state index in [1.54, 1.807) is 0 Å². The maximum Gasteiger partial charge on any atom is 0.306 e. The molecule has 0 aliphatic heterocycles.